The van der Waals surface area contributed by atoms with Crippen molar-refractivity contribution in [2.75, 3.05) is 0 Å². The lowest BCUT2D eigenvalue weighted by Crippen LogP contribution is -2.12. The molecule has 0 bridgehead atoms. The molecule has 1 nitrogen and oxygen atoms in total. The highest BCUT2D eigenvalue weighted by Crippen LogP contribution is 2.24. The Kier molecular flexibility index (Phi) is 9.76. The maximum atomic E-state index is 4.55. The highest BCUT2D eigenvalue weighted by Gasteiger charge is 2.15. The molecule has 1 heteroatoms. The van der Waals surface area contributed by atoms with E-state index in [1.165, 1.54) is 22.4 Å². The second-order valence-electron chi connectivity index (χ2n) is 14.4. The van der Waals surface area contributed by atoms with Gasteiger partial charge in [0.25, 0.3) is 0 Å². The van der Waals surface area contributed by atoms with Crippen LogP contribution in [-0.2, 0) is 25.7 Å². The molecule has 180 valence electrons. The summed E-state index contributed by atoms with van der Waals surface area (Å²) in [5.74, 6) is 0. The molecule has 0 spiro atoms. The van der Waals surface area contributed by atoms with Crippen LogP contribution in [0.1, 0.15) is 105 Å². The highest BCUT2D eigenvalue weighted by molar-refractivity contribution is 5.24. The van der Waals surface area contributed by atoms with Crippen LogP contribution in [0.15, 0.2) is 42.6 Å². The molecule has 0 atom stereocenters. The molecule has 32 heavy (non-hydrogen) atoms. The number of hydrogen-bond donors (Lipinski definition) is 0. The Morgan fingerprint density at radius 3 is 1.03 bits per heavy atom. The van der Waals surface area contributed by atoms with Gasteiger partial charge < -0.3 is 0 Å². The Hall–Kier alpha value is -1.63. The molecule has 2 rings (SSSR count). The van der Waals surface area contributed by atoms with Crippen molar-refractivity contribution in [3.8, 4) is 0 Å². The van der Waals surface area contributed by atoms with Gasteiger partial charge in [-0.1, -0.05) is 113 Å². The van der Waals surface area contributed by atoms with Crippen LogP contribution < -0.4 is 0 Å². The Morgan fingerprint density at radius 1 is 0.438 bits per heavy atom. The first-order valence-corrected chi connectivity index (χ1v) is 12.3. The highest BCUT2D eigenvalue weighted by atomic mass is 14.7. The quantitative estimate of drug-likeness (QED) is 0.464. The van der Waals surface area contributed by atoms with Crippen molar-refractivity contribution in [2.24, 2.45) is 21.7 Å². The lowest BCUT2D eigenvalue weighted by Gasteiger charge is -2.20. The summed E-state index contributed by atoms with van der Waals surface area (Å²) in [4.78, 5) is 4.55. The van der Waals surface area contributed by atoms with Crippen LogP contribution in [0.4, 0.5) is 0 Å². The molecule has 0 amide bonds. The maximum absolute atomic E-state index is 4.55. The van der Waals surface area contributed by atoms with E-state index in [0.29, 0.717) is 21.7 Å². The average Bonchev–Trinajstić information content (AvgIpc) is 2.54. The molecule has 1 heterocycles. The van der Waals surface area contributed by atoms with Crippen molar-refractivity contribution >= 4 is 0 Å². The van der Waals surface area contributed by atoms with Crippen LogP contribution in [0.3, 0.4) is 0 Å². The van der Waals surface area contributed by atoms with Crippen LogP contribution in [0, 0.1) is 21.7 Å². The number of pyridine rings is 1. The third-order valence-corrected chi connectivity index (χ3v) is 4.82. The van der Waals surface area contributed by atoms with Gasteiger partial charge in [0, 0.05) is 11.9 Å². The maximum Gasteiger partial charge on any atom is 0.0409 e. The smallest absolute Gasteiger partial charge is 0.0409 e. The Bertz CT molecular complexity index is 641. The SMILES string of the molecule is CC(C)(C)Cc1ccc(CC(C)(C)C)cc1.CC(C)(C)Cc1ccc(CC(C)(C)C)nc1. The van der Waals surface area contributed by atoms with Gasteiger partial charge in [0.2, 0.25) is 0 Å². The number of nitrogens with zero attached hydrogens (tertiary/aromatic N) is 1. The lowest BCUT2D eigenvalue weighted by atomic mass is 9.85. The zero-order valence-corrected chi connectivity index (χ0v) is 23.3. The predicted octanol–water partition coefficient (Wildman–Crippen LogP) is 9.12. The van der Waals surface area contributed by atoms with Gasteiger partial charge >= 0.3 is 0 Å². The van der Waals surface area contributed by atoms with Crippen molar-refractivity contribution in [1.29, 1.82) is 0 Å². The van der Waals surface area contributed by atoms with Gasteiger partial charge in [-0.15, -0.1) is 0 Å². The first-order chi connectivity index (χ1) is 14.3. The summed E-state index contributed by atoms with van der Waals surface area (Å²) in [6.45, 7) is 27.2. The minimum Gasteiger partial charge on any atom is -0.261 e. The fraction of sp³-hybridized carbons (Fsp3) is 0.645. The van der Waals surface area contributed by atoms with E-state index in [9.17, 15) is 0 Å². The van der Waals surface area contributed by atoms with E-state index in [2.05, 4.69) is 124 Å². The topological polar surface area (TPSA) is 12.9 Å². The molecular weight excluding hydrogens is 386 g/mol. The van der Waals surface area contributed by atoms with Gasteiger partial charge in [-0.05, 0) is 70.1 Å². The summed E-state index contributed by atoms with van der Waals surface area (Å²) in [6, 6.07) is 13.5. The molecule has 0 radical (unpaired) electrons. The van der Waals surface area contributed by atoms with E-state index in [0.717, 1.165) is 25.7 Å². The van der Waals surface area contributed by atoms with E-state index < -0.39 is 0 Å². The summed E-state index contributed by atoms with van der Waals surface area (Å²) in [5, 5.41) is 0. The van der Waals surface area contributed by atoms with Crippen molar-refractivity contribution in [2.45, 2.75) is 109 Å². The van der Waals surface area contributed by atoms with Crippen LogP contribution in [-0.4, -0.2) is 4.98 Å². The normalized spacial score (nSPS) is 12.9. The van der Waals surface area contributed by atoms with Gasteiger partial charge in [0.15, 0.2) is 0 Å². The Balaban J connectivity index is 0.000000320. The molecule has 0 N–H and O–H groups in total. The third-order valence-electron chi connectivity index (χ3n) is 4.82. The Morgan fingerprint density at radius 2 is 0.750 bits per heavy atom. The molecule has 1 aromatic heterocycles. The van der Waals surface area contributed by atoms with Crippen molar-refractivity contribution in [1.82, 2.24) is 4.98 Å². The van der Waals surface area contributed by atoms with Gasteiger partial charge in [-0.2, -0.15) is 0 Å². The number of hydrogen-bond acceptors (Lipinski definition) is 1. The first kappa shape index (κ1) is 28.4. The van der Waals surface area contributed by atoms with Gasteiger partial charge in [-0.25, -0.2) is 0 Å². The average molecular weight is 438 g/mol. The molecule has 0 saturated carbocycles. The number of benzene rings is 1. The molecule has 1 aromatic carbocycles. The molecule has 0 saturated heterocycles. The van der Waals surface area contributed by atoms with Gasteiger partial charge in [0.1, 0.15) is 0 Å². The van der Waals surface area contributed by atoms with Crippen molar-refractivity contribution in [3.63, 3.8) is 0 Å². The predicted molar refractivity (Wildman–Crippen MR) is 143 cm³/mol. The van der Waals surface area contributed by atoms with Crippen molar-refractivity contribution in [3.05, 3.63) is 65.0 Å². The van der Waals surface area contributed by atoms with E-state index in [1.807, 2.05) is 6.20 Å². The monoisotopic (exact) mass is 437 g/mol. The molecule has 0 aliphatic rings. The fourth-order valence-corrected chi connectivity index (χ4v) is 3.82. The zero-order valence-electron chi connectivity index (χ0n) is 23.3. The minimum absolute atomic E-state index is 0.318. The second-order valence-corrected chi connectivity index (χ2v) is 14.4. The second kappa shape index (κ2) is 11.0. The zero-order chi connectivity index (χ0) is 24.8. The molecule has 0 aliphatic carbocycles. The van der Waals surface area contributed by atoms with Gasteiger partial charge in [-0.3, -0.25) is 4.98 Å². The lowest BCUT2D eigenvalue weighted by molar-refractivity contribution is 0.403. The Labute approximate surface area is 200 Å². The number of aromatic nitrogens is 1. The van der Waals surface area contributed by atoms with Crippen LogP contribution in [0.2, 0.25) is 0 Å². The van der Waals surface area contributed by atoms with Crippen LogP contribution in [0.25, 0.3) is 0 Å². The molecular formula is C31H51N. The van der Waals surface area contributed by atoms with Crippen LogP contribution >= 0.6 is 0 Å². The summed E-state index contributed by atoms with van der Waals surface area (Å²) < 4.78 is 0. The fourth-order valence-electron chi connectivity index (χ4n) is 3.82. The van der Waals surface area contributed by atoms with Gasteiger partial charge in [0.05, 0.1) is 0 Å². The summed E-state index contributed by atoms with van der Waals surface area (Å²) >= 11 is 0. The summed E-state index contributed by atoms with van der Waals surface area (Å²) in [5.41, 5.74) is 6.86. The van der Waals surface area contributed by atoms with Crippen LogP contribution in [0.5, 0.6) is 0 Å². The summed E-state index contributed by atoms with van der Waals surface area (Å²) in [7, 11) is 0. The van der Waals surface area contributed by atoms with E-state index >= 15 is 0 Å². The number of rotatable bonds is 4. The molecule has 2 aromatic rings. The van der Waals surface area contributed by atoms with E-state index in [4.69, 9.17) is 0 Å². The largest absolute Gasteiger partial charge is 0.261 e. The molecule has 0 fully saturated rings. The molecule has 0 aliphatic heterocycles. The van der Waals surface area contributed by atoms with Crippen molar-refractivity contribution < 1.29 is 0 Å². The molecule has 0 unspecified atom stereocenters. The summed E-state index contributed by atoms with van der Waals surface area (Å²) in [6.07, 6.45) is 6.48. The van der Waals surface area contributed by atoms with E-state index in [1.54, 1.807) is 0 Å². The first-order valence-electron chi connectivity index (χ1n) is 12.3. The van der Waals surface area contributed by atoms with E-state index in [-0.39, 0.29) is 0 Å². The third kappa shape index (κ3) is 14.4. The standard InChI is InChI=1S/C16H26.C15H25N/c1-15(2,3)11-13-7-9-14(10-8-13)12-16(4,5)6;1-14(2,3)9-12-7-8-13(16-11-12)10-15(4,5)6/h7-10H,11-12H2,1-6H3;7-8,11H,9-10H2,1-6H3. The minimum atomic E-state index is 0.318.